The molecular formula is C29H34ClN7O10. The minimum absolute atomic E-state index is 0.104. The Morgan fingerprint density at radius 1 is 1.17 bits per heavy atom. The summed E-state index contributed by atoms with van der Waals surface area (Å²) in [5.41, 5.74) is -1.69. The second-order valence-corrected chi connectivity index (χ2v) is 10.8. The number of nitrogens with zero attached hydrogens (tertiary/aromatic N) is 6. The van der Waals surface area contributed by atoms with E-state index in [-0.39, 0.29) is 47.0 Å². The summed E-state index contributed by atoms with van der Waals surface area (Å²) < 4.78 is 12.6. The summed E-state index contributed by atoms with van der Waals surface area (Å²) in [6.45, 7) is -0.608. The molecule has 1 aliphatic heterocycles. The third kappa shape index (κ3) is 7.54. The number of β-amino-alcohol motifs (C(OH)–C–C–N with tert-alkyl or cyclic N) is 1. The molecule has 0 unspecified atom stereocenters. The van der Waals surface area contributed by atoms with E-state index in [9.17, 15) is 39.9 Å². The molecule has 4 rings (SSSR count). The molecule has 1 aromatic carbocycles. The Labute approximate surface area is 273 Å². The number of anilines is 2. The second kappa shape index (κ2) is 15.3. The van der Waals surface area contributed by atoms with Crippen LogP contribution in [0.15, 0.2) is 30.6 Å². The molecule has 0 spiro atoms. The molecule has 47 heavy (non-hydrogen) atoms. The maximum Gasteiger partial charge on any atom is 0.348 e. The van der Waals surface area contributed by atoms with Gasteiger partial charge in [0, 0.05) is 38.8 Å². The third-order valence-electron chi connectivity index (χ3n) is 7.47. The predicted molar refractivity (Wildman–Crippen MR) is 166 cm³/mol. The number of carbonyl (C=O) groups excluding carboxylic acids is 1. The standard InChI is InChI=1S/C29H34ClN7O10/c1-3-20(40)24(37-16-32-21-22(31-2)33-27(30)34-23(21)37)47-19(14-39)15-46-29(25(41)42,26(43)44)13-17-5-7-18(8-6-17)36-10-4-9-35(11-12-38)28(36)45/h1,5-8,16,19-20,24,38-40H,4,9-15H2,2H3,(H,41,42)(H,43,44)(H,31,33,34)/t19-,20+,24+/m0/s1. The fourth-order valence-corrected chi connectivity index (χ4v) is 5.20. The van der Waals surface area contributed by atoms with Crippen LogP contribution in [-0.4, -0.2) is 132 Å². The number of carboxylic acids is 2. The number of benzene rings is 1. The molecule has 252 valence electrons. The van der Waals surface area contributed by atoms with Gasteiger partial charge >= 0.3 is 18.0 Å². The predicted octanol–water partition coefficient (Wildman–Crippen LogP) is 0.183. The number of nitrogens with one attached hydrogen (secondary N) is 1. The van der Waals surface area contributed by atoms with Crippen LogP contribution >= 0.6 is 11.6 Å². The number of urea groups is 1. The van der Waals surface area contributed by atoms with Gasteiger partial charge in [-0.05, 0) is 35.7 Å². The number of carboxylic acid groups (broad SMARTS) is 2. The smallest absolute Gasteiger partial charge is 0.348 e. The molecular weight excluding hydrogens is 642 g/mol. The van der Waals surface area contributed by atoms with Gasteiger partial charge in [0.2, 0.25) is 5.28 Å². The number of imidazole rings is 1. The van der Waals surface area contributed by atoms with E-state index in [0.29, 0.717) is 25.2 Å². The average Bonchev–Trinajstić information content (AvgIpc) is 3.48. The Morgan fingerprint density at radius 2 is 1.87 bits per heavy atom. The van der Waals surface area contributed by atoms with Crippen LogP contribution in [0.25, 0.3) is 11.2 Å². The normalized spacial score (nSPS) is 15.7. The molecule has 17 nitrogen and oxygen atoms in total. The quantitative estimate of drug-likeness (QED) is 0.0676. The zero-order chi connectivity index (χ0) is 34.3. The topological polar surface area (TPSA) is 233 Å². The molecule has 0 radical (unpaired) electrons. The summed E-state index contributed by atoms with van der Waals surface area (Å²) >= 11 is 6.03. The molecule has 3 aromatic rings. The number of aliphatic hydroxyl groups is 3. The molecule has 0 bridgehead atoms. The minimum Gasteiger partial charge on any atom is -0.479 e. The number of ether oxygens (including phenoxy) is 2. The number of terminal acetylenes is 1. The zero-order valence-corrected chi connectivity index (χ0v) is 25.9. The van der Waals surface area contributed by atoms with E-state index < -0.39 is 55.6 Å². The number of hydrogen-bond acceptors (Lipinski definition) is 12. The van der Waals surface area contributed by atoms with Gasteiger partial charge in [0.1, 0.15) is 6.10 Å². The Hall–Kier alpha value is -4.57. The largest absolute Gasteiger partial charge is 0.479 e. The summed E-state index contributed by atoms with van der Waals surface area (Å²) in [5.74, 6) is -1.25. The van der Waals surface area contributed by atoms with Crippen LogP contribution in [0, 0.1) is 12.3 Å². The lowest BCUT2D eigenvalue weighted by Gasteiger charge is -2.35. The first kappa shape index (κ1) is 35.3. The molecule has 0 aliphatic carbocycles. The van der Waals surface area contributed by atoms with Crippen molar-refractivity contribution in [3.8, 4) is 12.3 Å². The molecule has 1 aliphatic rings. The number of rotatable bonds is 16. The number of fused-ring (bicyclic) bond motifs is 1. The van der Waals surface area contributed by atoms with Crippen molar-refractivity contribution in [3.05, 3.63) is 41.4 Å². The van der Waals surface area contributed by atoms with Gasteiger partial charge in [-0.15, -0.1) is 6.42 Å². The third-order valence-corrected chi connectivity index (χ3v) is 7.64. The SMILES string of the molecule is C#C[C@@H](O)[C@@H](O[C@@H](CO)COC(Cc1ccc(N2CCCN(CCO)C2=O)cc1)(C(=O)O)C(=O)O)n1cnc2c(NC)nc(Cl)nc21. The number of aromatic nitrogens is 4. The van der Waals surface area contributed by atoms with Crippen LogP contribution < -0.4 is 10.2 Å². The van der Waals surface area contributed by atoms with E-state index in [4.69, 9.17) is 27.5 Å². The molecule has 2 amide bonds. The lowest BCUT2D eigenvalue weighted by molar-refractivity contribution is -0.195. The lowest BCUT2D eigenvalue weighted by Crippen LogP contribution is -2.52. The average molecular weight is 676 g/mol. The highest BCUT2D eigenvalue weighted by Crippen LogP contribution is 2.28. The number of hydrogen-bond donors (Lipinski definition) is 6. The number of halogens is 1. The van der Waals surface area contributed by atoms with Gasteiger partial charge < -0.3 is 45.2 Å². The molecule has 1 fully saturated rings. The number of carbonyl (C=O) groups is 3. The van der Waals surface area contributed by atoms with Gasteiger partial charge in [0.25, 0.3) is 5.60 Å². The summed E-state index contributed by atoms with van der Waals surface area (Å²) in [4.78, 5) is 53.0. The molecule has 3 atom stereocenters. The van der Waals surface area contributed by atoms with Crippen LogP contribution in [0.3, 0.4) is 0 Å². The van der Waals surface area contributed by atoms with Crippen molar-refractivity contribution >= 4 is 52.2 Å². The molecule has 2 aromatic heterocycles. The first-order valence-electron chi connectivity index (χ1n) is 14.3. The van der Waals surface area contributed by atoms with E-state index in [1.165, 1.54) is 32.8 Å². The highest BCUT2D eigenvalue weighted by Gasteiger charge is 2.49. The number of aliphatic carboxylic acids is 2. The fourth-order valence-electron chi connectivity index (χ4n) is 5.04. The lowest BCUT2D eigenvalue weighted by atomic mass is 9.94. The van der Waals surface area contributed by atoms with Crippen molar-refractivity contribution in [3.63, 3.8) is 0 Å². The Bertz CT molecular complexity index is 1610. The molecule has 18 heteroatoms. The van der Waals surface area contributed by atoms with Crippen LogP contribution in [0.1, 0.15) is 18.2 Å². The summed E-state index contributed by atoms with van der Waals surface area (Å²) in [5, 5.41) is 52.7. The van der Waals surface area contributed by atoms with Crippen molar-refractivity contribution in [2.75, 3.05) is 56.7 Å². The Morgan fingerprint density at radius 3 is 2.47 bits per heavy atom. The Kier molecular flexibility index (Phi) is 11.5. The first-order valence-corrected chi connectivity index (χ1v) is 14.7. The van der Waals surface area contributed by atoms with Gasteiger partial charge in [-0.25, -0.2) is 19.4 Å². The maximum atomic E-state index is 12.8. The van der Waals surface area contributed by atoms with Crippen molar-refractivity contribution in [1.29, 1.82) is 0 Å². The summed E-state index contributed by atoms with van der Waals surface area (Å²) in [6.07, 6.45) is 2.24. The highest BCUT2D eigenvalue weighted by atomic mass is 35.5. The van der Waals surface area contributed by atoms with Crippen molar-refractivity contribution in [1.82, 2.24) is 24.4 Å². The van der Waals surface area contributed by atoms with E-state index in [2.05, 4.69) is 26.2 Å². The zero-order valence-electron chi connectivity index (χ0n) is 25.2. The van der Waals surface area contributed by atoms with Crippen LogP contribution in [-0.2, 0) is 25.5 Å². The molecule has 3 heterocycles. The molecule has 6 N–H and O–H groups in total. The number of aliphatic hydroxyl groups excluding tert-OH is 3. The van der Waals surface area contributed by atoms with Crippen LogP contribution in [0.5, 0.6) is 0 Å². The van der Waals surface area contributed by atoms with Gasteiger partial charge in [0.05, 0.1) is 26.1 Å². The fraction of sp³-hybridized carbons (Fsp3) is 0.448. The van der Waals surface area contributed by atoms with E-state index in [0.717, 1.165) is 0 Å². The van der Waals surface area contributed by atoms with Crippen LogP contribution in [0.4, 0.5) is 16.3 Å². The van der Waals surface area contributed by atoms with Crippen LogP contribution in [0.2, 0.25) is 5.28 Å². The van der Waals surface area contributed by atoms with Crippen molar-refractivity contribution in [2.45, 2.75) is 36.9 Å². The van der Waals surface area contributed by atoms with E-state index in [1.807, 2.05) is 0 Å². The molecule has 1 saturated heterocycles. The number of amides is 2. The maximum absolute atomic E-state index is 12.8. The van der Waals surface area contributed by atoms with Gasteiger partial charge in [-0.1, -0.05) is 18.1 Å². The van der Waals surface area contributed by atoms with Crippen molar-refractivity contribution < 1.29 is 49.4 Å². The van der Waals surface area contributed by atoms with E-state index in [1.54, 1.807) is 19.2 Å². The first-order chi connectivity index (χ1) is 22.5. The highest BCUT2D eigenvalue weighted by molar-refractivity contribution is 6.28. The van der Waals surface area contributed by atoms with Crippen molar-refractivity contribution in [2.24, 2.45) is 0 Å². The van der Waals surface area contributed by atoms with Gasteiger partial charge in [0.15, 0.2) is 29.3 Å². The minimum atomic E-state index is -2.82. The summed E-state index contributed by atoms with van der Waals surface area (Å²) in [6, 6.07) is 5.78. The summed E-state index contributed by atoms with van der Waals surface area (Å²) in [7, 11) is 1.58. The molecule has 0 saturated carbocycles. The second-order valence-electron chi connectivity index (χ2n) is 10.4. The van der Waals surface area contributed by atoms with E-state index >= 15 is 0 Å². The Balaban J connectivity index is 1.54. The van der Waals surface area contributed by atoms with Gasteiger partial charge in [-0.2, -0.15) is 9.97 Å². The monoisotopic (exact) mass is 675 g/mol. The van der Waals surface area contributed by atoms with Gasteiger partial charge in [-0.3, -0.25) is 9.47 Å².